The quantitative estimate of drug-likeness (QED) is 0.323. The van der Waals surface area contributed by atoms with E-state index in [-0.39, 0.29) is 64.4 Å². The number of carbonyl (C=O) groups excluding carboxylic acids is 3. The number of carbonyl (C=O) groups is 3. The molecular formula is C24H46BNaO3. The second-order valence-electron chi connectivity index (χ2n) is 8.67. The van der Waals surface area contributed by atoms with Crippen molar-refractivity contribution in [3.8, 4) is 0 Å². The molecule has 0 aromatic heterocycles. The van der Waals surface area contributed by atoms with E-state index in [4.69, 9.17) is 0 Å². The third kappa shape index (κ3) is 10.8. The van der Waals surface area contributed by atoms with Crippen molar-refractivity contribution in [2.45, 2.75) is 119 Å². The first kappa shape index (κ1) is 31.3. The molecule has 0 spiro atoms. The Balaban J connectivity index is 0. The second kappa shape index (κ2) is 18.8. The van der Waals surface area contributed by atoms with Gasteiger partial charge in [0.25, 0.3) is 0 Å². The van der Waals surface area contributed by atoms with Gasteiger partial charge >= 0.3 is 29.6 Å². The largest absolute Gasteiger partial charge is 1.00 e. The van der Waals surface area contributed by atoms with Crippen molar-refractivity contribution >= 4 is 23.8 Å². The summed E-state index contributed by atoms with van der Waals surface area (Å²) in [5.41, 5.74) is -0.0115. The SMILES string of the molecule is CCCCC(CC)C(=O)[BH-](C(=O)C(CC)CCCC)C(=O)C(CC)CCCC.[Na+]. The predicted octanol–water partition coefficient (Wildman–Crippen LogP) is 3.19. The summed E-state index contributed by atoms with van der Waals surface area (Å²) in [6.45, 7) is 10.3. The summed E-state index contributed by atoms with van der Waals surface area (Å²) in [4.78, 5) is 40.3. The van der Waals surface area contributed by atoms with E-state index in [2.05, 4.69) is 20.8 Å². The van der Waals surface area contributed by atoms with Crippen molar-refractivity contribution in [2.75, 3.05) is 0 Å². The van der Waals surface area contributed by atoms with E-state index in [9.17, 15) is 14.4 Å². The van der Waals surface area contributed by atoms with E-state index < -0.39 is 6.71 Å². The average molecular weight is 416 g/mol. The Morgan fingerprint density at radius 2 is 0.793 bits per heavy atom. The maximum Gasteiger partial charge on any atom is 1.00 e. The maximum absolute atomic E-state index is 13.4. The predicted molar refractivity (Wildman–Crippen MR) is 122 cm³/mol. The summed E-state index contributed by atoms with van der Waals surface area (Å²) in [6, 6.07) is 0. The Kier molecular flexibility index (Phi) is 20.3. The molecule has 0 amide bonds. The van der Waals surface area contributed by atoms with Crippen LogP contribution in [0.3, 0.4) is 0 Å². The summed E-state index contributed by atoms with van der Waals surface area (Å²) >= 11 is 0. The number of hydrogen-bond donors (Lipinski definition) is 0. The Morgan fingerprint density at radius 3 is 0.966 bits per heavy atom. The van der Waals surface area contributed by atoms with Crippen LogP contribution in [0.25, 0.3) is 0 Å². The Hall–Kier alpha value is 0.0749. The number of unbranched alkanes of at least 4 members (excludes halogenated alkanes) is 3. The molecule has 0 aromatic rings. The van der Waals surface area contributed by atoms with Gasteiger partial charge in [-0.25, -0.2) is 0 Å². The summed E-state index contributed by atoms with van der Waals surface area (Å²) < 4.78 is 0. The van der Waals surface area contributed by atoms with Crippen LogP contribution in [0.15, 0.2) is 0 Å². The van der Waals surface area contributed by atoms with Crippen LogP contribution < -0.4 is 29.6 Å². The molecule has 0 aliphatic rings. The second-order valence-corrected chi connectivity index (χ2v) is 8.67. The van der Waals surface area contributed by atoms with Gasteiger partial charge in [0.1, 0.15) is 0 Å². The summed E-state index contributed by atoms with van der Waals surface area (Å²) in [7, 11) is 0. The molecular weight excluding hydrogens is 370 g/mol. The van der Waals surface area contributed by atoms with Crippen molar-refractivity contribution in [3.63, 3.8) is 0 Å². The third-order valence-corrected chi connectivity index (χ3v) is 6.61. The Morgan fingerprint density at radius 1 is 0.552 bits per heavy atom. The van der Waals surface area contributed by atoms with Gasteiger partial charge in [-0.05, 0) is 73.3 Å². The zero-order valence-corrected chi connectivity index (χ0v) is 22.6. The van der Waals surface area contributed by atoms with Crippen molar-refractivity contribution in [1.82, 2.24) is 0 Å². The monoisotopic (exact) mass is 416 g/mol. The van der Waals surface area contributed by atoms with Crippen LogP contribution in [-0.4, -0.2) is 23.8 Å². The third-order valence-electron chi connectivity index (χ3n) is 6.61. The minimum Gasteiger partial charge on any atom is -0.345 e. The minimum atomic E-state index is -2.08. The molecule has 0 rings (SSSR count). The van der Waals surface area contributed by atoms with Crippen LogP contribution in [0.4, 0.5) is 0 Å². The van der Waals surface area contributed by atoms with Gasteiger partial charge in [-0.15, -0.1) is 0 Å². The molecule has 0 saturated heterocycles. The standard InChI is InChI=1S/C24H46BO3.Na/c1-7-13-16-19(10-4)22(26)25(23(27)20(11-5)17-14-8-2)24(28)21(12-6)18-15-9-3;/h19-21,25H,7-18H2,1-6H3;/q-1;+1. The number of hydrogen-bond acceptors (Lipinski definition) is 3. The van der Waals surface area contributed by atoms with Crippen LogP contribution in [-0.2, 0) is 14.4 Å². The molecule has 0 aliphatic heterocycles. The molecule has 29 heavy (non-hydrogen) atoms. The number of rotatable bonds is 18. The zero-order chi connectivity index (χ0) is 21.5. The molecule has 0 N–H and O–H groups in total. The van der Waals surface area contributed by atoms with Crippen LogP contribution in [0.2, 0.25) is 0 Å². The molecule has 164 valence electrons. The van der Waals surface area contributed by atoms with Crippen molar-refractivity contribution in [2.24, 2.45) is 17.8 Å². The fourth-order valence-corrected chi connectivity index (χ4v) is 4.51. The topological polar surface area (TPSA) is 51.2 Å². The van der Waals surface area contributed by atoms with E-state index >= 15 is 0 Å². The van der Waals surface area contributed by atoms with Gasteiger partial charge in [-0.3, -0.25) is 0 Å². The fraction of sp³-hybridized carbons (Fsp3) is 0.875. The molecule has 0 aromatic carbocycles. The first-order chi connectivity index (χ1) is 13.4. The summed E-state index contributed by atoms with van der Waals surface area (Å²) in [5, 5.41) is 0. The van der Waals surface area contributed by atoms with Crippen LogP contribution >= 0.6 is 0 Å². The van der Waals surface area contributed by atoms with Gasteiger partial charge in [0.2, 0.25) is 0 Å². The molecule has 0 saturated carbocycles. The molecule has 3 nitrogen and oxygen atoms in total. The van der Waals surface area contributed by atoms with Crippen LogP contribution in [0.5, 0.6) is 0 Å². The van der Waals surface area contributed by atoms with E-state index in [0.29, 0.717) is 0 Å². The molecule has 3 atom stereocenters. The molecule has 0 fully saturated rings. The van der Waals surface area contributed by atoms with E-state index in [1.165, 1.54) is 0 Å². The van der Waals surface area contributed by atoms with Crippen LogP contribution in [0, 0.1) is 17.8 Å². The van der Waals surface area contributed by atoms with Gasteiger partial charge < -0.3 is 14.4 Å². The van der Waals surface area contributed by atoms with Gasteiger partial charge in [-0.1, -0.05) is 80.1 Å². The first-order valence-electron chi connectivity index (χ1n) is 12.2. The van der Waals surface area contributed by atoms with Gasteiger partial charge in [0.15, 0.2) is 6.71 Å². The van der Waals surface area contributed by atoms with Gasteiger partial charge in [0, 0.05) is 0 Å². The van der Waals surface area contributed by atoms with Crippen molar-refractivity contribution in [3.05, 3.63) is 0 Å². The van der Waals surface area contributed by atoms with Gasteiger partial charge in [0.05, 0.1) is 0 Å². The summed E-state index contributed by atoms with van der Waals surface area (Å²) in [5.74, 6) is -0.374. The zero-order valence-electron chi connectivity index (χ0n) is 20.6. The molecule has 5 heteroatoms. The first-order valence-corrected chi connectivity index (χ1v) is 12.2. The minimum absolute atomic E-state index is 0. The Labute approximate surface area is 203 Å². The molecule has 0 radical (unpaired) electrons. The summed E-state index contributed by atoms with van der Waals surface area (Å²) in [6.07, 6.45) is 10.7. The normalized spacial score (nSPS) is 15.1. The molecule has 0 aliphatic carbocycles. The fourth-order valence-electron chi connectivity index (χ4n) is 4.51. The smallest absolute Gasteiger partial charge is 0.345 e. The van der Waals surface area contributed by atoms with E-state index in [1.54, 1.807) is 0 Å². The van der Waals surface area contributed by atoms with Crippen molar-refractivity contribution in [1.29, 1.82) is 0 Å². The van der Waals surface area contributed by atoms with Crippen LogP contribution in [0.1, 0.15) is 119 Å². The molecule has 0 heterocycles. The maximum atomic E-state index is 13.4. The van der Waals surface area contributed by atoms with E-state index in [0.717, 1.165) is 77.0 Å². The van der Waals surface area contributed by atoms with Gasteiger partial charge in [-0.2, -0.15) is 0 Å². The molecule has 3 unspecified atom stereocenters. The average Bonchev–Trinajstić information content (AvgIpc) is 2.70. The van der Waals surface area contributed by atoms with E-state index in [1.807, 2.05) is 20.8 Å². The Bertz CT molecular complexity index is 400. The van der Waals surface area contributed by atoms with Crippen molar-refractivity contribution < 1.29 is 43.9 Å². The molecule has 0 bridgehead atoms.